The largest absolute Gasteiger partial charge is 0.493 e. The molecule has 0 aromatic heterocycles. The smallest absolute Gasteiger partial charge is 0.257 e. The Bertz CT molecular complexity index is 1370. The van der Waals surface area contributed by atoms with Crippen LogP contribution in [0.5, 0.6) is 17.2 Å². The van der Waals surface area contributed by atoms with Gasteiger partial charge in [0, 0.05) is 13.1 Å². The molecule has 4 aromatic carbocycles. The van der Waals surface area contributed by atoms with Crippen LogP contribution in [-0.4, -0.2) is 39.2 Å². The summed E-state index contributed by atoms with van der Waals surface area (Å²) >= 11 is 0. The lowest BCUT2D eigenvalue weighted by Gasteiger charge is -2.14. The molecule has 0 aliphatic rings. The molecule has 7 heteroatoms. The van der Waals surface area contributed by atoms with Gasteiger partial charge >= 0.3 is 0 Å². The first-order valence-electron chi connectivity index (χ1n) is 12.0. The van der Waals surface area contributed by atoms with Crippen molar-refractivity contribution in [1.29, 1.82) is 0 Å². The minimum absolute atomic E-state index is 0.205. The molecule has 0 spiro atoms. The van der Waals surface area contributed by atoms with E-state index >= 15 is 0 Å². The predicted octanol–water partition coefficient (Wildman–Crippen LogP) is 4.52. The van der Waals surface area contributed by atoms with E-state index in [0.717, 1.165) is 21.9 Å². The fourth-order valence-corrected chi connectivity index (χ4v) is 3.97. The number of amides is 2. The molecule has 2 N–H and O–H groups in total. The SMILES string of the molecule is COc1ccc(CCNC(=O)COc2cc3ccccc3cc2C(=O)NCc2ccccc2)cc1OC. The van der Waals surface area contributed by atoms with E-state index in [1.165, 1.54) is 0 Å². The summed E-state index contributed by atoms with van der Waals surface area (Å²) in [6.45, 7) is 0.617. The summed E-state index contributed by atoms with van der Waals surface area (Å²) in [7, 11) is 3.18. The number of fused-ring (bicyclic) bond motifs is 1. The average Bonchev–Trinajstić information content (AvgIpc) is 2.94. The maximum Gasteiger partial charge on any atom is 0.257 e. The van der Waals surface area contributed by atoms with E-state index in [9.17, 15) is 9.59 Å². The third-order valence-corrected chi connectivity index (χ3v) is 5.93. The number of hydrogen-bond acceptors (Lipinski definition) is 5. The highest BCUT2D eigenvalue weighted by molar-refractivity contribution is 6.01. The van der Waals surface area contributed by atoms with Crippen LogP contribution in [0.3, 0.4) is 0 Å². The minimum Gasteiger partial charge on any atom is -0.493 e. The lowest BCUT2D eigenvalue weighted by Crippen LogP contribution is -2.31. The van der Waals surface area contributed by atoms with Crippen LogP contribution in [0, 0.1) is 0 Å². The molecule has 2 amide bonds. The molecule has 4 aromatic rings. The molecule has 7 nitrogen and oxygen atoms in total. The van der Waals surface area contributed by atoms with Crippen LogP contribution in [0.4, 0.5) is 0 Å². The third-order valence-electron chi connectivity index (χ3n) is 5.93. The number of carbonyl (C=O) groups is 2. The molecule has 0 saturated carbocycles. The van der Waals surface area contributed by atoms with E-state index in [1.54, 1.807) is 26.4 Å². The maximum atomic E-state index is 13.0. The number of hydrogen-bond donors (Lipinski definition) is 2. The van der Waals surface area contributed by atoms with Crippen LogP contribution in [0.1, 0.15) is 21.5 Å². The van der Waals surface area contributed by atoms with Crippen LogP contribution >= 0.6 is 0 Å². The van der Waals surface area contributed by atoms with Crippen molar-refractivity contribution in [3.8, 4) is 17.2 Å². The van der Waals surface area contributed by atoms with Crippen molar-refractivity contribution in [3.05, 3.63) is 102 Å². The van der Waals surface area contributed by atoms with Crippen molar-refractivity contribution >= 4 is 22.6 Å². The Kier molecular flexibility index (Phi) is 8.60. The molecular formula is C30H30N2O5. The van der Waals surface area contributed by atoms with Crippen LogP contribution in [0.25, 0.3) is 10.8 Å². The van der Waals surface area contributed by atoms with E-state index < -0.39 is 0 Å². The second-order valence-electron chi connectivity index (χ2n) is 8.44. The highest BCUT2D eigenvalue weighted by Crippen LogP contribution is 2.28. The Morgan fingerprint density at radius 1 is 0.703 bits per heavy atom. The molecular weight excluding hydrogens is 468 g/mol. The number of benzene rings is 4. The highest BCUT2D eigenvalue weighted by Gasteiger charge is 2.16. The van der Waals surface area contributed by atoms with Gasteiger partial charge in [-0.3, -0.25) is 9.59 Å². The fraction of sp³-hybridized carbons (Fsp3) is 0.200. The molecule has 0 bridgehead atoms. The van der Waals surface area contributed by atoms with Gasteiger partial charge in [-0.1, -0.05) is 60.7 Å². The van der Waals surface area contributed by atoms with Crippen molar-refractivity contribution < 1.29 is 23.8 Å². The minimum atomic E-state index is -0.274. The van der Waals surface area contributed by atoms with Crippen molar-refractivity contribution in [3.63, 3.8) is 0 Å². The van der Waals surface area contributed by atoms with E-state index in [0.29, 0.717) is 42.3 Å². The molecule has 0 aliphatic heterocycles. The van der Waals surface area contributed by atoms with E-state index in [1.807, 2.05) is 72.8 Å². The van der Waals surface area contributed by atoms with Gasteiger partial charge in [0.25, 0.3) is 11.8 Å². The summed E-state index contributed by atoms with van der Waals surface area (Å²) in [5, 5.41) is 7.64. The second-order valence-corrected chi connectivity index (χ2v) is 8.44. The zero-order valence-corrected chi connectivity index (χ0v) is 21.0. The summed E-state index contributed by atoms with van der Waals surface area (Å²) in [4.78, 5) is 25.5. The molecule has 0 heterocycles. The van der Waals surface area contributed by atoms with Gasteiger partial charge in [-0.15, -0.1) is 0 Å². The molecule has 0 saturated heterocycles. The first-order valence-corrected chi connectivity index (χ1v) is 12.0. The van der Waals surface area contributed by atoms with Crippen LogP contribution in [-0.2, 0) is 17.8 Å². The third kappa shape index (κ3) is 6.79. The number of nitrogens with one attached hydrogen (secondary N) is 2. The summed E-state index contributed by atoms with van der Waals surface area (Å²) in [6, 6.07) is 26.6. The Balaban J connectivity index is 1.38. The molecule has 0 aliphatic carbocycles. The highest BCUT2D eigenvalue weighted by atomic mass is 16.5. The van der Waals surface area contributed by atoms with Gasteiger partial charge < -0.3 is 24.8 Å². The first kappa shape index (κ1) is 25.6. The first-order chi connectivity index (χ1) is 18.1. The van der Waals surface area contributed by atoms with Gasteiger partial charge in [-0.2, -0.15) is 0 Å². The summed E-state index contributed by atoms with van der Waals surface area (Å²) < 4.78 is 16.4. The zero-order chi connectivity index (χ0) is 26.0. The van der Waals surface area contributed by atoms with Crippen molar-refractivity contribution in [2.75, 3.05) is 27.4 Å². The summed E-state index contributed by atoms with van der Waals surface area (Å²) in [5.74, 6) is 1.12. The lowest BCUT2D eigenvalue weighted by molar-refractivity contribution is -0.123. The molecule has 0 fully saturated rings. The molecule has 0 atom stereocenters. The van der Waals surface area contributed by atoms with Gasteiger partial charge in [0.05, 0.1) is 19.8 Å². The second kappa shape index (κ2) is 12.4. The molecule has 37 heavy (non-hydrogen) atoms. The molecule has 0 radical (unpaired) electrons. The zero-order valence-electron chi connectivity index (χ0n) is 21.0. The van der Waals surface area contributed by atoms with Crippen molar-refractivity contribution in [1.82, 2.24) is 10.6 Å². The Morgan fingerprint density at radius 3 is 2.14 bits per heavy atom. The Labute approximate surface area is 216 Å². The number of carbonyl (C=O) groups excluding carboxylic acids is 2. The standard InChI is InChI=1S/C30H30N2O5/c1-35-26-13-12-21(16-28(26)36-2)14-15-31-29(33)20-37-27-18-24-11-7-6-10-23(24)17-25(27)30(34)32-19-22-8-4-3-5-9-22/h3-13,16-18H,14-15,19-20H2,1-2H3,(H,31,33)(H,32,34). The van der Waals surface area contributed by atoms with Gasteiger partial charge in [-0.25, -0.2) is 0 Å². The van der Waals surface area contributed by atoms with Crippen LogP contribution in [0.2, 0.25) is 0 Å². The van der Waals surface area contributed by atoms with Crippen LogP contribution in [0.15, 0.2) is 84.9 Å². The Hall–Kier alpha value is -4.52. The number of rotatable bonds is 11. The lowest BCUT2D eigenvalue weighted by atomic mass is 10.1. The van der Waals surface area contributed by atoms with Crippen LogP contribution < -0.4 is 24.8 Å². The monoisotopic (exact) mass is 498 g/mol. The summed E-state index contributed by atoms with van der Waals surface area (Å²) in [6.07, 6.45) is 0.620. The fourth-order valence-electron chi connectivity index (χ4n) is 3.97. The van der Waals surface area contributed by atoms with E-state index in [2.05, 4.69) is 10.6 Å². The summed E-state index contributed by atoms with van der Waals surface area (Å²) in [5.41, 5.74) is 2.38. The van der Waals surface area contributed by atoms with Gasteiger partial charge in [0.15, 0.2) is 18.1 Å². The quantitative estimate of drug-likeness (QED) is 0.318. The predicted molar refractivity (Wildman–Crippen MR) is 143 cm³/mol. The maximum absolute atomic E-state index is 13.0. The number of methoxy groups -OCH3 is 2. The van der Waals surface area contributed by atoms with Crippen molar-refractivity contribution in [2.24, 2.45) is 0 Å². The van der Waals surface area contributed by atoms with E-state index in [4.69, 9.17) is 14.2 Å². The van der Waals surface area contributed by atoms with Gasteiger partial charge in [0.1, 0.15) is 5.75 Å². The van der Waals surface area contributed by atoms with E-state index in [-0.39, 0.29) is 18.4 Å². The van der Waals surface area contributed by atoms with Gasteiger partial charge in [-0.05, 0) is 52.6 Å². The average molecular weight is 499 g/mol. The molecule has 190 valence electrons. The van der Waals surface area contributed by atoms with Gasteiger partial charge in [0.2, 0.25) is 0 Å². The number of ether oxygens (including phenoxy) is 3. The normalized spacial score (nSPS) is 10.5. The molecule has 4 rings (SSSR count). The van der Waals surface area contributed by atoms with Crippen molar-refractivity contribution in [2.45, 2.75) is 13.0 Å². The Morgan fingerprint density at radius 2 is 1.41 bits per heavy atom. The topological polar surface area (TPSA) is 85.9 Å². The molecule has 0 unspecified atom stereocenters.